The zero-order valence-corrected chi connectivity index (χ0v) is 23.0. The number of aliphatic hydroxyl groups excluding tert-OH is 1. The maximum absolute atomic E-state index is 14.7. The van der Waals surface area contributed by atoms with Gasteiger partial charge in [-0.05, 0) is 66.9 Å². The van der Waals surface area contributed by atoms with Crippen LogP contribution in [0, 0.1) is 11.6 Å². The van der Waals surface area contributed by atoms with Crippen molar-refractivity contribution in [2.45, 2.75) is 37.4 Å². The lowest BCUT2D eigenvalue weighted by Gasteiger charge is -2.14. The van der Waals surface area contributed by atoms with E-state index in [1.807, 2.05) is 0 Å². The Morgan fingerprint density at radius 1 is 1.00 bits per heavy atom. The first-order valence-corrected chi connectivity index (χ1v) is 14.0. The molecule has 1 aromatic heterocycles. The maximum atomic E-state index is 14.7. The van der Waals surface area contributed by atoms with Crippen molar-refractivity contribution in [3.63, 3.8) is 0 Å². The van der Waals surface area contributed by atoms with Crippen LogP contribution in [0.5, 0.6) is 0 Å². The van der Waals surface area contributed by atoms with Gasteiger partial charge in [0.2, 0.25) is 0 Å². The van der Waals surface area contributed by atoms with Crippen LogP contribution in [0.15, 0.2) is 59.6 Å². The summed E-state index contributed by atoms with van der Waals surface area (Å²) in [5.74, 6) is -0.850. The SMILES string of the molecule is CC(C)(O)c1cn(-c2ccc(-c3cc(F)c(CO)c(S(C)(=O)=O)c3)cc2Cl)c(Cc2ccc(F)cc2Cl)n1. The van der Waals surface area contributed by atoms with E-state index in [1.165, 1.54) is 18.2 Å². The first kappa shape index (κ1) is 28.2. The molecule has 0 fully saturated rings. The van der Waals surface area contributed by atoms with E-state index in [0.29, 0.717) is 28.3 Å². The summed E-state index contributed by atoms with van der Waals surface area (Å²) >= 11 is 12.9. The molecule has 0 amide bonds. The highest BCUT2D eigenvalue weighted by Crippen LogP contribution is 2.34. The average molecular weight is 581 g/mol. The van der Waals surface area contributed by atoms with Crippen LogP contribution < -0.4 is 0 Å². The first-order chi connectivity index (χ1) is 17.7. The molecule has 0 aliphatic heterocycles. The summed E-state index contributed by atoms with van der Waals surface area (Å²) in [6.07, 6.45) is 2.78. The number of halogens is 4. The second-order valence-electron chi connectivity index (χ2n) is 9.42. The zero-order chi connectivity index (χ0) is 28.0. The van der Waals surface area contributed by atoms with Gasteiger partial charge in [-0.3, -0.25) is 0 Å². The zero-order valence-electron chi connectivity index (χ0n) is 20.6. The third-order valence-electron chi connectivity index (χ3n) is 6.02. The molecule has 6 nitrogen and oxygen atoms in total. The van der Waals surface area contributed by atoms with E-state index in [4.69, 9.17) is 23.2 Å². The molecule has 0 unspecified atom stereocenters. The minimum absolute atomic E-state index is 0.207. The van der Waals surface area contributed by atoms with Crippen molar-refractivity contribution in [2.24, 2.45) is 0 Å². The van der Waals surface area contributed by atoms with Crippen LogP contribution >= 0.6 is 23.2 Å². The van der Waals surface area contributed by atoms with Crippen LogP contribution in [-0.2, 0) is 28.5 Å². The Hall–Kier alpha value is -2.82. The standard InChI is InChI=1S/C27H24Cl2F2N2O4S/c1-27(2,35)25-13-33(26(32-25)11-16-4-6-18(30)12-20(16)28)23-7-5-15(8-21(23)29)17-9-22(31)19(14-34)24(10-17)38(3,36)37/h4-10,12-13,34-35H,11,14H2,1-3H3. The summed E-state index contributed by atoms with van der Waals surface area (Å²) in [4.78, 5) is 4.26. The third kappa shape index (κ3) is 5.77. The molecule has 4 aromatic rings. The number of nitrogens with zero attached hydrogens (tertiary/aromatic N) is 2. The molecule has 0 atom stereocenters. The van der Waals surface area contributed by atoms with Gasteiger partial charge >= 0.3 is 0 Å². The fraction of sp³-hybridized carbons (Fsp3) is 0.222. The van der Waals surface area contributed by atoms with Crippen LogP contribution in [0.4, 0.5) is 8.78 Å². The molecule has 2 N–H and O–H groups in total. The number of aromatic nitrogens is 2. The van der Waals surface area contributed by atoms with Crippen LogP contribution in [0.3, 0.4) is 0 Å². The highest BCUT2D eigenvalue weighted by Gasteiger charge is 2.24. The van der Waals surface area contributed by atoms with Crippen molar-refractivity contribution < 1.29 is 27.4 Å². The molecule has 200 valence electrons. The second-order valence-corrected chi connectivity index (χ2v) is 12.2. The Morgan fingerprint density at radius 3 is 2.29 bits per heavy atom. The molecule has 38 heavy (non-hydrogen) atoms. The minimum Gasteiger partial charge on any atom is -0.392 e. The Morgan fingerprint density at radius 2 is 1.71 bits per heavy atom. The third-order valence-corrected chi connectivity index (χ3v) is 7.84. The Kier molecular flexibility index (Phi) is 7.71. The van der Waals surface area contributed by atoms with Gasteiger partial charge in [0, 0.05) is 29.5 Å². The maximum Gasteiger partial charge on any atom is 0.176 e. The van der Waals surface area contributed by atoms with Gasteiger partial charge in [-0.15, -0.1) is 0 Å². The number of sulfone groups is 1. The highest BCUT2D eigenvalue weighted by atomic mass is 35.5. The van der Waals surface area contributed by atoms with Gasteiger partial charge in [0.15, 0.2) is 9.84 Å². The molecule has 0 aliphatic rings. The lowest BCUT2D eigenvalue weighted by atomic mass is 10.0. The number of rotatable bonds is 7. The number of benzene rings is 3. The number of hydrogen-bond donors (Lipinski definition) is 2. The topological polar surface area (TPSA) is 92.4 Å². The molecule has 0 saturated heterocycles. The first-order valence-electron chi connectivity index (χ1n) is 11.4. The lowest BCUT2D eigenvalue weighted by Crippen LogP contribution is -2.15. The van der Waals surface area contributed by atoms with Crippen LogP contribution in [0.25, 0.3) is 16.8 Å². The number of aliphatic hydroxyl groups is 2. The normalized spacial score (nSPS) is 12.2. The summed E-state index contributed by atoms with van der Waals surface area (Å²) in [6, 6.07) is 11.3. The molecular weight excluding hydrogens is 557 g/mol. The fourth-order valence-corrected chi connectivity index (χ4v) is 5.48. The molecule has 1 heterocycles. The van der Waals surface area contributed by atoms with E-state index in [2.05, 4.69) is 4.98 Å². The number of hydrogen-bond acceptors (Lipinski definition) is 5. The Labute approximate surface area is 229 Å². The molecule has 0 saturated carbocycles. The Balaban J connectivity index is 1.82. The summed E-state index contributed by atoms with van der Waals surface area (Å²) in [7, 11) is -3.82. The average Bonchev–Trinajstić information content (AvgIpc) is 3.24. The molecule has 4 rings (SSSR count). The summed E-state index contributed by atoms with van der Waals surface area (Å²) < 4.78 is 54.3. The molecule has 3 aromatic carbocycles. The van der Waals surface area contributed by atoms with Crippen molar-refractivity contribution in [1.82, 2.24) is 9.55 Å². The summed E-state index contributed by atoms with van der Waals surface area (Å²) in [6.45, 7) is 2.41. The van der Waals surface area contributed by atoms with Crippen molar-refractivity contribution >= 4 is 33.0 Å². The van der Waals surface area contributed by atoms with E-state index in [1.54, 1.807) is 48.9 Å². The lowest BCUT2D eigenvalue weighted by molar-refractivity contribution is 0.0741. The number of imidazole rings is 1. The quantitative estimate of drug-likeness (QED) is 0.286. The molecule has 0 radical (unpaired) electrons. The van der Waals surface area contributed by atoms with Gasteiger partial charge < -0.3 is 14.8 Å². The second kappa shape index (κ2) is 10.4. The largest absolute Gasteiger partial charge is 0.392 e. The van der Waals surface area contributed by atoms with Crippen LogP contribution in [0.1, 0.15) is 36.5 Å². The van der Waals surface area contributed by atoms with Crippen molar-refractivity contribution in [3.8, 4) is 16.8 Å². The molecular formula is C27H24Cl2F2N2O4S. The van der Waals surface area contributed by atoms with Crippen LogP contribution in [0.2, 0.25) is 10.0 Å². The fourth-order valence-electron chi connectivity index (χ4n) is 4.03. The monoisotopic (exact) mass is 580 g/mol. The molecule has 11 heteroatoms. The molecule has 0 spiro atoms. The van der Waals surface area contributed by atoms with Gasteiger partial charge in [0.25, 0.3) is 0 Å². The summed E-state index contributed by atoms with van der Waals surface area (Å²) in [5.41, 5.74) is 0.594. The predicted molar refractivity (Wildman–Crippen MR) is 142 cm³/mol. The van der Waals surface area contributed by atoms with Crippen molar-refractivity contribution in [3.05, 3.63) is 99.1 Å². The van der Waals surface area contributed by atoms with Gasteiger partial charge in [-0.2, -0.15) is 0 Å². The van der Waals surface area contributed by atoms with Gasteiger partial charge in [0.1, 0.15) is 23.1 Å². The van der Waals surface area contributed by atoms with Gasteiger partial charge in [-0.1, -0.05) is 35.3 Å². The van der Waals surface area contributed by atoms with E-state index in [9.17, 15) is 27.4 Å². The van der Waals surface area contributed by atoms with E-state index in [-0.39, 0.29) is 32.5 Å². The summed E-state index contributed by atoms with van der Waals surface area (Å²) in [5, 5.41) is 20.5. The van der Waals surface area contributed by atoms with E-state index >= 15 is 0 Å². The molecule has 0 bridgehead atoms. The predicted octanol–water partition coefficient (Wildman–Crippen LogP) is 5.84. The van der Waals surface area contributed by atoms with E-state index in [0.717, 1.165) is 12.3 Å². The minimum atomic E-state index is -3.82. The van der Waals surface area contributed by atoms with Crippen molar-refractivity contribution in [2.75, 3.05) is 6.26 Å². The Bertz CT molecular complexity index is 1650. The van der Waals surface area contributed by atoms with Crippen LogP contribution in [-0.4, -0.2) is 34.4 Å². The molecule has 0 aliphatic carbocycles. The highest BCUT2D eigenvalue weighted by molar-refractivity contribution is 7.90. The van der Waals surface area contributed by atoms with Gasteiger partial charge in [-0.25, -0.2) is 22.2 Å². The van der Waals surface area contributed by atoms with E-state index < -0.39 is 33.7 Å². The van der Waals surface area contributed by atoms with Gasteiger partial charge in [0.05, 0.1) is 27.9 Å². The van der Waals surface area contributed by atoms with Crippen molar-refractivity contribution in [1.29, 1.82) is 0 Å². The smallest absolute Gasteiger partial charge is 0.176 e.